The first kappa shape index (κ1) is 14.1. The van der Waals surface area contributed by atoms with Crippen molar-refractivity contribution in [3.63, 3.8) is 0 Å². The van der Waals surface area contributed by atoms with Crippen LogP contribution in [0.3, 0.4) is 0 Å². The Kier molecular flexibility index (Phi) is 3.92. The fraction of sp³-hybridized carbons (Fsp3) is 0.500. The molecule has 0 spiro atoms. The SMILES string of the molecule is CC(C)N(CC1CCCN1)C(=O)c1ccc2cn[nH]c2c1. The maximum absolute atomic E-state index is 12.8. The lowest BCUT2D eigenvalue weighted by Gasteiger charge is -2.29. The summed E-state index contributed by atoms with van der Waals surface area (Å²) in [6.45, 7) is 5.98. The molecule has 3 rings (SSSR count). The molecule has 1 aromatic carbocycles. The highest BCUT2D eigenvalue weighted by Gasteiger charge is 2.24. The molecule has 0 radical (unpaired) electrons. The smallest absolute Gasteiger partial charge is 0.254 e. The Morgan fingerprint density at radius 3 is 3.05 bits per heavy atom. The van der Waals surface area contributed by atoms with Crippen LogP contribution in [0.15, 0.2) is 24.4 Å². The first-order valence-electron chi connectivity index (χ1n) is 7.62. The van der Waals surface area contributed by atoms with E-state index in [-0.39, 0.29) is 11.9 Å². The zero-order valence-corrected chi connectivity index (χ0v) is 12.6. The van der Waals surface area contributed by atoms with Crippen molar-refractivity contribution in [3.05, 3.63) is 30.0 Å². The molecule has 1 saturated heterocycles. The van der Waals surface area contributed by atoms with Gasteiger partial charge < -0.3 is 10.2 Å². The van der Waals surface area contributed by atoms with E-state index in [0.29, 0.717) is 6.04 Å². The third kappa shape index (κ3) is 2.93. The van der Waals surface area contributed by atoms with Crippen molar-refractivity contribution >= 4 is 16.8 Å². The Hall–Kier alpha value is -1.88. The maximum Gasteiger partial charge on any atom is 0.254 e. The van der Waals surface area contributed by atoms with E-state index in [1.807, 2.05) is 23.1 Å². The van der Waals surface area contributed by atoms with Crippen LogP contribution in [0.2, 0.25) is 0 Å². The molecule has 5 nitrogen and oxygen atoms in total. The van der Waals surface area contributed by atoms with Gasteiger partial charge in [-0.3, -0.25) is 9.89 Å². The molecule has 0 bridgehead atoms. The lowest BCUT2D eigenvalue weighted by atomic mass is 10.1. The molecule has 1 unspecified atom stereocenters. The third-order valence-corrected chi connectivity index (χ3v) is 4.15. The molecule has 2 N–H and O–H groups in total. The number of rotatable bonds is 4. The highest BCUT2D eigenvalue weighted by Crippen LogP contribution is 2.17. The van der Waals surface area contributed by atoms with Crippen molar-refractivity contribution in [2.75, 3.05) is 13.1 Å². The zero-order chi connectivity index (χ0) is 14.8. The predicted octanol–water partition coefficient (Wildman–Crippen LogP) is 2.17. The van der Waals surface area contributed by atoms with Crippen LogP contribution in [0.1, 0.15) is 37.0 Å². The number of nitrogens with zero attached hydrogens (tertiary/aromatic N) is 2. The van der Waals surface area contributed by atoms with Gasteiger partial charge >= 0.3 is 0 Å². The quantitative estimate of drug-likeness (QED) is 0.905. The standard InChI is InChI=1S/C16H22N4O/c1-11(2)20(10-14-4-3-7-17-14)16(21)12-5-6-13-9-18-19-15(13)8-12/h5-6,8-9,11,14,17H,3-4,7,10H2,1-2H3,(H,18,19). The fourth-order valence-electron chi connectivity index (χ4n) is 2.91. The summed E-state index contributed by atoms with van der Waals surface area (Å²) in [6.07, 6.45) is 4.12. The van der Waals surface area contributed by atoms with Gasteiger partial charge in [-0.2, -0.15) is 5.10 Å². The van der Waals surface area contributed by atoms with Gasteiger partial charge in [0.1, 0.15) is 0 Å². The van der Waals surface area contributed by atoms with E-state index in [0.717, 1.165) is 36.0 Å². The van der Waals surface area contributed by atoms with Crippen molar-refractivity contribution < 1.29 is 4.79 Å². The molecule has 1 aliphatic heterocycles. The molecule has 1 aliphatic rings. The normalized spacial score (nSPS) is 18.5. The number of amides is 1. The molecule has 2 heterocycles. The summed E-state index contributed by atoms with van der Waals surface area (Å²) in [4.78, 5) is 14.8. The Labute approximate surface area is 124 Å². The number of hydrogen-bond donors (Lipinski definition) is 2. The van der Waals surface area contributed by atoms with Crippen molar-refractivity contribution in [2.45, 2.75) is 38.8 Å². The summed E-state index contributed by atoms with van der Waals surface area (Å²) in [5, 5.41) is 11.4. The molecule has 1 amide bonds. The average molecular weight is 286 g/mol. The van der Waals surface area contributed by atoms with E-state index in [1.165, 1.54) is 6.42 Å². The first-order valence-corrected chi connectivity index (χ1v) is 7.62. The van der Waals surface area contributed by atoms with Crippen molar-refractivity contribution in [1.82, 2.24) is 20.4 Å². The lowest BCUT2D eigenvalue weighted by molar-refractivity contribution is 0.0689. The number of carbonyl (C=O) groups excluding carboxylic acids is 1. The molecule has 21 heavy (non-hydrogen) atoms. The molecule has 0 aliphatic carbocycles. The molecule has 5 heteroatoms. The van der Waals surface area contributed by atoms with Gasteiger partial charge in [0.05, 0.1) is 11.7 Å². The minimum Gasteiger partial charge on any atom is -0.335 e. The summed E-state index contributed by atoms with van der Waals surface area (Å²) in [7, 11) is 0. The summed E-state index contributed by atoms with van der Waals surface area (Å²) >= 11 is 0. The van der Waals surface area contributed by atoms with Gasteiger partial charge in [0, 0.05) is 29.6 Å². The number of benzene rings is 1. The van der Waals surface area contributed by atoms with Crippen LogP contribution in [-0.4, -0.2) is 46.2 Å². The van der Waals surface area contributed by atoms with E-state index in [2.05, 4.69) is 29.4 Å². The second-order valence-electron chi connectivity index (χ2n) is 6.02. The Morgan fingerprint density at radius 2 is 2.33 bits per heavy atom. The van der Waals surface area contributed by atoms with E-state index >= 15 is 0 Å². The number of carbonyl (C=O) groups is 1. The van der Waals surface area contributed by atoms with Crippen LogP contribution < -0.4 is 5.32 Å². The molecule has 112 valence electrons. The fourth-order valence-corrected chi connectivity index (χ4v) is 2.91. The minimum atomic E-state index is 0.0928. The number of aromatic amines is 1. The van der Waals surface area contributed by atoms with Crippen molar-refractivity contribution in [3.8, 4) is 0 Å². The van der Waals surface area contributed by atoms with Gasteiger partial charge in [0.2, 0.25) is 0 Å². The van der Waals surface area contributed by atoms with Gasteiger partial charge in [-0.15, -0.1) is 0 Å². The van der Waals surface area contributed by atoms with Gasteiger partial charge in [-0.25, -0.2) is 0 Å². The topological polar surface area (TPSA) is 61.0 Å². The largest absolute Gasteiger partial charge is 0.335 e. The Balaban J connectivity index is 1.81. The minimum absolute atomic E-state index is 0.0928. The van der Waals surface area contributed by atoms with Crippen LogP contribution in [-0.2, 0) is 0 Å². The van der Waals surface area contributed by atoms with Crippen LogP contribution in [0, 0.1) is 0 Å². The molecule has 1 fully saturated rings. The number of H-pyrrole nitrogens is 1. The monoisotopic (exact) mass is 286 g/mol. The van der Waals surface area contributed by atoms with E-state index in [4.69, 9.17) is 0 Å². The number of nitrogens with one attached hydrogen (secondary N) is 2. The summed E-state index contributed by atoms with van der Waals surface area (Å²) in [6, 6.07) is 6.34. The molecular weight excluding hydrogens is 264 g/mol. The van der Waals surface area contributed by atoms with Gasteiger partial charge in [0.25, 0.3) is 5.91 Å². The Morgan fingerprint density at radius 1 is 1.48 bits per heavy atom. The molecule has 2 aromatic rings. The van der Waals surface area contributed by atoms with E-state index < -0.39 is 0 Å². The second-order valence-corrected chi connectivity index (χ2v) is 6.02. The number of fused-ring (bicyclic) bond motifs is 1. The highest BCUT2D eigenvalue weighted by atomic mass is 16.2. The molecule has 1 atom stereocenters. The van der Waals surface area contributed by atoms with Crippen LogP contribution in [0.4, 0.5) is 0 Å². The van der Waals surface area contributed by atoms with Crippen LogP contribution in [0.25, 0.3) is 10.9 Å². The Bertz CT molecular complexity index is 628. The second kappa shape index (κ2) is 5.85. The molecular formula is C16H22N4O. The number of aromatic nitrogens is 2. The van der Waals surface area contributed by atoms with Crippen LogP contribution >= 0.6 is 0 Å². The number of hydrogen-bond acceptors (Lipinski definition) is 3. The predicted molar refractivity (Wildman–Crippen MR) is 83.3 cm³/mol. The first-order chi connectivity index (χ1) is 10.1. The highest BCUT2D eigenvalue weighted by molar-refractivity contribution is 5.97. The summed E-state index contributed by atoms with van der Waals surface area (Å²) in [5.74, 6) is 0.0928. The van der Waals surface area contributed by atoms with Gasteiger partial charge in [-0.05, 0) is 45.4 Å². The maximum atomic E-state index is 12.8. The van der Waals surface area contributed by atoms with E-state index in [9.17, 15) is 4.79 Å². The summed E-state index contributed by atoms with van der Waals surface area (Å²) in [5.41, 5.74) is 1.63. The van der Waals surface area contributed by atoms with Gasteiger partial charge in [0.15, 0.2) is 0 Å². The van der Waals surface area contributed by atoms with Crippen molar-refractivity contribution in [2.24, 2.45) is 0 Å². The lowest BCUT2D eigenvalue weighted by Crippen LogP contribution is -2.44. The molecule has 0 saturated carbocycles. The van der Waals surface area contributed by atoms with Crippen LogP contribution in [0.5, 0.6) is 0 Å². The third-order valence-electron chi connectivity index (χ3n) is 4.15. The van der Waals surface area contributed by atoms with E-state index in [1.54, 1.807) is 6.20 Å². The molecule has 1 aromatic heterocycles. The summed E-state index contributed by atoms with van der Waals surface area (Å²) < 4.78 is 0. The average Bonchev–Trinajstić information content (AvgIpc) is 3.14. The van der Waals surface area contributed by atoms with Crippen molar-refractivity contribution in [1.29, 1.82) is 0 Å². The zero-order valence-electron chi connectivity index (χ0n) is 12.6. The van der Waals surface area contributed by atoms with Gasteiger partial charge in [-0.1, -0.05) is 6.07 Å².